The first-order chi connectivity index (χ1) is 11.5. The Bertz CT molecular complexity index is 837. The van der Waals surface area contributed by atoms with Crippen LogP contribution in [-0.2, 0) is 0 Å². The molecule has 0 bridgehead atoms. The Labute approximate surface area is 141 Å². The van der Waals surface area contributed by atoms with E-state index < -0.39 is 0 Å². The standard InChI is InChI=1S/C20H22N2O2/c1-13(2)20-22-17-10-9-16(11-18(17)24-20)19(23)21-12-14(3)15-7-5-4-6-8-15/h4-11,13-14H,12H2,1-3H3,(H,21,23)/t14-/m0/s1. The van der Waals surface area contributed by atoms with Crippen molar-refractivity contribution in [1.82, 2.24) is 10.3 Å². The topological polar surface area (TPSA) is 55.1 Å². The van der Waals surface area contributed by atoms with Gasteiger partial charge < -0.3 is 9.73 Å². The average Bonchev–Trinajstić information content (AvgIpc) is 3.03. The molecule has 1 amide bonds. The van der Waals surface area contributed by atoms with E-state index in [9.17, 15) is 4.79 Å². The summed E-state index contributed by atoms with van der Waals surface area (Å²) in [5.74, 6) is 1.08. The van der Waals surface area contributed by atoms with Gasteiger partial charge in [-0.3, -0.25) is 4.79 Å². The number of rotatable bonds is 5. The maximum Gasteiger partial charge on any atom is 0.251 e. The number of nitrogens with one attached hydrogen (secondary N) is 1. The molecule has 0 saturated carbocycles. The fourth-order valence-electron chi connectivity index (χ4n) is 2.58. The van der Waals surface area contributed by atoms with Crippen molar-refractivity contribution in [2.75, 3.05) is 6.54 Å². The lowest BCUT2D eigenvalue weighted by molar-refractivity contribution is 0.0951. The molecule has 4 heteroatoms. The second kappa shape index (κ2) is 6.87. The number of fused-ring (bicyclic) bond motifs is 1. The number of aromatic nitrogens is 1. The summed E-state index contributed by atoms with van der Waals surface area (Å²) < 4.78 is 5.72. The van der Waals surface area contributed by atoms with Gasteiger partial charge in [-0.25, -0.2) is 4.98 Å². The molecule has 2 aromatic carbocycles. The highest BCUT2D eigenvalue weighted by Crippen LogP contribution is 2.22. The predicted molar refractivity (Wildman–Crippen MR) is 95.3 cm³/mol. The molecule has 0 aliphatic heterocycles. The van der Waals surface area contributed by atoms with Crippen molar-refractivity contribution < 1.29 is 9.21 Å². The molecule has 0 fully saturated rings. The van der Waals surface area contributed by atoms with Crippen molar-refractivity contribution in [3.63, 3.8) is 0 Å². The normalized spacial score (nSPS) is 12.5. The second-order valence-electron chi connectivity index (χ2n) is 6.41. The van der Waals surface area contributed by atoms with E-state index >= 15 is 0 Å². The van der Waals surface area contributed by atoms with Crippen molar-refractivity contribution in [3.8, 4) is 0 Å². The molecule has 24 heavy (non-hydrogen) atoms. The van der Waals surface area contributed by atoms with Crippen molar-refractivity contribution in [3.05, 3.63) is 65.5 Å². The molecule has 0 saturated heterocycles. The minimum atomic E-state index is -0.0952. The van der Waals surface area contributed by atoms with Crippen molar-refractivity contribution >= 4 is 17.0 Å². The largest absolute Gasteiger partial charge is 0.440 e. The van der Waals surface area contributed by atoms with Crippen molar-refractivity contribution in [2.24, 2.45) is 0 Å². The Morgan fingerprint density at radius 2 is 1.88 bits per heavy atom. The minimum absolute atomic E-state index is 0.0952. The first-order valence-electron chi connectivity index (χ1n) is 8.28. The monoisotopic (exact) mass is 322 g/mol. The van der Waals surface area contributed by atoms with Gasteiger partial charge in [-0.15, -0.1) is 0 Å². The van der Waals surface area contributed by atoms with Crippen LogP contribution in [0.5, 0.6) is 0 Å². The van der Waals surface area contributed by atoms with E-state index in [2.05, 4.69) is 29.4 Å². The van der Waals surface area contributed by atoms with Gasteiger partial charge in [-0.05, 0) is 29.7 Å². The van der Waals surface area contributed by atoms with Crippen LogP contribution in [0.2, 0.25) is 0 Å². The van der Waals surface area contributed by atoms with E-state index in [0.29, 0.717) is 23.6 Å². The molecule has 3 aromatic rings. The van der Waals surface area contributed by atoms with Crippen LogP contribution in [0.3, 0.4) is 0 Å². The van der Waals surface area contributed by atoms with Crippen molar-refractivity contribution in [1.29, 1.82) is 0 Å². The number of benzene rings is 2. The predicted octanol–water partition coefficient (Wildman–Crippen LogP) is 4.48. The van der Waals surface area contributed by atoms with Crippen LogP contribution in [0.15, 0.2) is 52.9 Å². The van der Waals surface area contributed by atoms with Crippen LogP contribution in [0.25, 0.3) is 11.1 Å². The van der Waals surface area contributed by atoms with Gasteiger partial charge in [0.25, 0.3) is 5.91 Å². The van der Waals surface area contributed by atoms with E-state index in [4.69, 9.17) is 4.42 Å². The van der Waals surface area contributed by atoms with Crippen LogP contribution in [-0.4, -0.2) is 17.4 Å². The Kier molecular flexibility index (Phi) is 4.65. The van der Waals surface area contributed by atoms with Gasteiger partial charge in [0.05, 0.1) is 0 Å². The summed E-state index contributed by atoms with van der Waals surface area (Å²) in [6.07, 6.45) is 0. The molecule has 0 spiro atoms. The Balaban J connectivity index is 1.69. The zero-order valence-corrected chi connectivity index (χ0v) is 14.2. The molecule has 0 radical (unpaired) electrons. The van der Waals surface area contributed by atoms with E-state index in [1.54, 1.807) is 12.1 Å². The third kappa shape index (κ3) is 3.48. The number of hydrogen-bond donors (Lipinski definition) is 1. The van der Waals surface area contributed by atoms with Crippen LogP contribution in [0.1, 0.15) is 54.4 Å². The van der Waals surface area contributed by atoms with E-state index in [0.717, 1.165) is 5.52 Å². The molecular weight excluding hydrogens is 300 g/mol. The highest BCUT2D eigenvalue weighted by Gasteiger charge is 2.13. The van der Waals surface area contributed by atoms with Crippen LogP contribution < -0.4 is 5.32 Å². The van der Waals surface area contributed by atoms with Crippen LogP contribution in [0.4, 0.5) is 0 Å². The summed E-state index contributed by atoms with van der Waals surface area (Å²) in [7, 11) is 0. The molecule has 1 atom stereocenters. The maximum absolute atomic E-state index is 12.4. The first kappa shape index (κ1) is 16.2. The van der Waals surface area contributed by atoms with Gasteiger partial charge in [-0.2, -0.15) is 0 Å². The molecule has 0 unspecified atom stereocenters. The summed E-state index contributed by atoms with van der Waals surface area (Å²) in [5, 5.41) is 2.99. The SMILES string of the molecule is CC(C)c1nc2ccc(C(=O)NC[C@H](C)c3ccccc3)cc2o1. The first-order valence-corrected chi connectivity index (χ1v) is 8.28. The van der Waals surface area contributed by atoms with Gasteiger partial charge in [0.1, 0.15) is 5.52 Å². The van der Waals surface area contributed by atoms with Gasteiger partial charge in [0.2, 0.25) is 0 Å². The molecule has 1 N–H and O–H groups in total. The lowest BCUT2D eigenvalue weighted by Crippen LogP contribution is -2.27. The lowest BCUT2D eigenvalue weighted by atomic mass is 10.0. The molecule has 1 heterocycles. The van der Waals surface area contributed by atoms with Crippen molar-refractivity contribution in [2.45, 2.75) is 32.6 Å². The Morgan fingerprint density at radius 3 is 2.58 bits per heavy atom. The van der Waals surface area contributed by atoms with Gasteiger partial charge in [0.15, 0.2) is 11.5 Å². The quantitative estimate of drug-likeness (QED) is 0.753. The van der Waals surface area contributed by atoms with Gasteiger partial charge in [0, 0.05) is 18.0 Å². The number of nitrogens with zero attached hydrogens (tertiary/aromatic N) is 1. The zero-order valence-electron chi connectivity index (χ0n) is 14.2. The Morgan fingerprint density at radius 1 is 1.12 bits per heavy atom. The number of hydrogen-bond acceptors (Lipinski definition) is 3. The second-order valence-corrected chi connectivity index (χ2v) is 6.41. The number of amides is 1. The molecule has 3 rings (SSSR count). The summed E-state index contributed by atoms with van der Waals surface area (Å²) in [4.78, 5) is 16.8. The average molecular weight is 322 g/mol. The van der Waals surface area contributed by atoms with Gasteiger partial charge in [-0.1, -0.05) is 51.1 Å². The molecule has 0 aliphatic carbocycles. The van der Waals surface area contributed by atoms with Gasteiger partial charge >= 0.3 is 0 Å². The third-order valence-electron chi connectivity index (χ3n) is 4.10. The zero-order chi connectivity index (χ0) is 17.1. The highest BCUT2D eigenvalue weighted by atomic mass is 16.3. The van der Waals surface area contributed by atoms with Crippen LogP contribution >= 0.6 is 0 Å². The summed E-state index contributed by atoms with van der Waals surface area (Å²) in [5.41, 5.74) is 3.25. The third-order valence-corrected chi connectivity index (χ3v) is 4.10. The Hall–Kier alpha value is -2.62. The molecule has 0 aliphatic rings. The highest BCUT2D eigenvalue weighted by molar-refractivity contribution is 5.97. The summed E-state index contributed by atoms with van der Waals surface area (Å²) >= 11 is 0. The molecule has 4 nitrogen and oxygen atoms in total. The minimum Gasteiger partial charge on any atom is -0.440 e. The number of carbonyl (C=O) groups is 1. The number of oxazole rings is 1. The fourth-order valence-corrected chi connectivity index (χ4v) is 2.58. The summed E-state index contributed by atoms with van der Waals surface area (Å²) in [6, 6.07) is 15.5. The summed E-state index contributed by atoms with van der Waals surface area (Å²) in [6.45, 7) is 6.76. The fraction of sp³-hybridized carbons (Fsp3) is 0.300. The molecule has 124 valence electrons. The smallest absolute Gasteiger partial charge is 0.251 e. The maximum atomic E-state index is 12.4. The van der Waals surface area contributed by atoms with E-state index in [-0.39, 0.29) is 17.7 Å². The molecular formula is C20H22N2O2. The number of carbonyl (C=O) groups excluding carboxylic acids is 1. The van der Waals surface area contributed by atoms with E-state index in [1.807, 2.05) is 38.1 Å². The van der Waals surface area contributed by atoms with E-state index in [1.165, 1.54) is 5.56 Å². The lowest BCUT2D eigenvalue weighted by Gasteiger charge is -2.13. The van der Waals surface area contributed by atoms with Crippen LogP contribution in [0, 0.1) is 0 Å². The molecule has 1 aromatic heterocycles.